The van der Waals surface area contributed by atoms with E-state index in [1.807, 2.05) is 12.1 Å². The monoisotopic (exact) mass is 248 g/mol. The zero-order chi connectivity index (χ0) is 13.0. The Hall–Kier alpha value is -1.06. The highest BCUT2D eigenvalue weighted by Gasteiger charge is 2.19. The molecule has 1 N–H and O–H groups in total. The van der Waals surface area contributed by atoms with Crippen molar-refractivity contribution in [3.8, 4) is 5.75 Å². The minimum atomic E-state index is 0.350. The number of aromatic hydroxyl groups is 1. The maximum Gasteiger partial charge on any atom is 0.115 e. The minimum Gasteiger partial charge on any atom is -0.508 e. The summed E-state index contributed by atoms with van der Waals surface area (Å²) < 4.78 is 0. The van der Waals surface area contributed by atoms with Crippen molar-refractivity contribution in [3.05, 3.63) is 29.8 Å². The molecule has 2 rings (SSSR count). The number of likely N-dealkylation sites (tertiary alicyclic amines) is 1. The van der Waals surface area contributed by atoms with Crippen molar-refractivity contribution >= 4 is 0 Å². The molecule has 0 amide bonds. The number of rotatable bonds is 4. The van der Waals surface area contributed by atoms with Gasteiger partial charge in [0.2, 0.25) is 0 Å². The van der Waals surface area contributed by atoms with Gasteiger partial charge in [-0.15, -0.1) is 0 Å². The summed E-state index contributed by atoms with van der Waals surface area (Å²) in [5, 5.41) is 9.26. The van der Waals surface area contributed by atoms with Crippen molar-refractivity contribution in [2.45, 2.75) is 19.4 Å². The molecule has 1 heterocycles. The number of phenolic OH excluding ortho intramolecular Hbond substituents is 1. The summed E-state index contributed by atoms with van der Waals surface area (Å²) in [4.78, 5) is 4.80. The molecular weight excluding hydrogens is 224 g/mol. The van der Waals surface area contributed by atoms with Crippen molar-refractivity contribution < 1.29 is 5.11 Å². The molecule has 0 bridgehead atoms. The SMILES string of the molecule is CN(C)CC1CCN(Cc2ccc(O)cc2)CC1. The van der Waals surface area contributed by atoms with E-state index in [0.29, 0.717) is 5.75 Å². The fourth-order valence-electron chi connectivity index (χ4n) is 2.70. The molecule has 3 nitrogen and oxygen atoms in total. The number of nitrogens with zero attached hydrogens (tertiary/aromatic N) is 2. The van der Waals surface area contributed by atoms with E-state index in [9.17, 15) is 5.11 Å². The van der Waals surface area contributed by atoms with E-state index in [-0.39, 0.29) is 0 Å². The number of hydrogen-bond acceptors (Lipinski definition) is 3. The third-order valence-corrected chi connectivity index (χ3v) is 3.67. The second-order valence-electron chi connectivity index (χ2n) is 5.65. The van der Waals surface area contributed by atoms with Crippen LogP contribution in [-0.4, -0.2) is 48.6 Å². The molecule has 1 aliphatic rings. The first-order chi connectivity index (χ1) is 8.63. The van der Waals surface area contributed by atoms with Gasteiger partial charge in [0.1, 0.15) is 5.75 Å². The highest BCUT2D eigenvalue weighted by atomic mass is 16.3. The van der Waals surface area contributed by atoms with Crippen molar-refractivity contribution in [2.24, 2.45) is 5.92 Å². The van der Waals surface area contributed by atoms with Gasteiger partial charge in [-0.3, -0.25) is 4.90 Å². The average molecular weight is 248 g/mol. The molecule has 3 heteroatoms. The number of piperidine rings is 1. The topological polar surface area (TPSA) is 26.7 Å². The lowest BCUT2D eigenvalue weighted by Crippen LogP contribution is -2.36. The number of hydrogen-bond donors (Lipinski definition) is 1. The number of phenols is 1. The zero-order valence-electron chi connectivity index (χ0n) is 11.5. The third-order valence-electron chi connectivity index (χ3n) is 3.67. The third kappa shape index (κ3) is 4.00. The van der Waals surface area contributed by atoms with Crippen LogP contribution in [0.1, 0.15) is 18.4 Å². The van der Waals surface area contributed by atoms with Gasteiger partial charge >= 0.3 is 0 Å². The highest BCUT2D eigenvalue weighted by molar-refractivity contribution is 5.25. The lowest BCUT2D eigenvalue weighted by atomic mass is 9.96. The maximum atomic E-state index is 9.26. The fourth-order valence-corrected chi connectivity index (χ4v) is 2.70. The molecule has 100 valence electrons. The Balaban J connectivity index is 1.78. The molecule has 0 spiro atoms. The summed E-state index contributed by atoms with van der Waals surface area (Å²) >= 11 is 0. The Morgan fingerprint density at radius 1 is 1.17 bits per heavy atom. The predicted molar refractivity (Wildman–Crippen MR) is 74.7 cm³/mol. The quantitative estimate of drug-likeness (QED) is 0.884. The maximum absolute atomic E-state index is 9.26. The van der Waals surface area contributed by atoms with Crippen LogP contribution in [0.2, 0.25) is 0 Å². The summed E-state index contributed by atoms with van der Waals surface area (Å²) in [5.74, 6) is 1.21. The van der Waals surface area contributed by atoms with Crippen LogP contribution in [0.4, 0.5) is 0 Å². The molecule has 0 aromatic heterocycles. The Morgan fingerprint density at radius 3 is 2.33 bits per heavy atom. The minimum absolute atomic E-state index is 0.350. The van der Waals surface area contributed by atoms with Gasteiger partial charge < -0.3 is 10.0 Å². The highest BCUT2D eigenvalue weighted by Crippen LogP contribution is 2.20. The van der Waals surface area contributed by atoms with Gasteiger partial charge in [0, 0.05) is 13.1 Å². The molecule has 18 heavy (non-hydrogen) atoms. The van der Waals surface area contributed by atoms with Crippen LogP contribution >= 0.6 is 0 Å². The Morgan fingerprint density at radius 2 is 1.78 bits per heavy atom. The Labute approximate surface area is 110 Å². The summed E-state index contributed by atoms with van der Waals surface area (Å²) in [6.07, 6.45) is 2.60. The van der Waals surface area contributed by atoms with Crippen LogP contribution in [0.25, 0.3) is 0 Å². The fraction of sp³-hybridized carbons (Fsp3) is 0.600. The van der Waals surface area contributed by atoms with Gasteiger partial charge in [0.05, 0.1) is 0 Å². The molecule has 1 saturated heterocycles. The molecule has 0 aliphatic carbocycles. The van der Waals surface area contributed by atoms with Gasteiger partial charge in [-0.25, -0.2) is 0 Å². The first-order valence-electron chi connectivity index (χ1n) is 6.78. The Bertz CT molecular complexity index is 353. The smallest absolute Gasteiger partial charge is 0.115 e. The van der Waals surface area contributed by atoms with Crippen LogP contribution in [0, 0.1) is 5.92 Å². The molecule has 0 unspecified atom stereocenters. The predicted octanol–water partition coefficient (Wildman–Crippen LogP) is 2.17. The van der Waals surface area contributed by atoms with Crippen molar-refractivity contribution in [3.63, 3.8) is 0 Å². The van der Waals surface area contributed by atoms with E-state index >= 15 is 0 Å². The first-order valence-corrected chi connectivity index (χ1v) is 6.78. The second kappa shape index (κ2) is 6.21. The average Bonchev–Trinajstić information content (AvgIpc) is 2.34. The lowest BCUT2D eigenvalue weighted by Gasteiger charge is -2.33. The summed E-state index contributed by atoms with van der Waals surface area (Å²) in [5.41, 5.74) is 1.29. The molecule has 1 aromatic rings. The van der Waals surface area contributed by atoms with Gasteiger partial charge in [0.15, 0.2) is 0 Å². The van der Waals surface area contributed by atoms with Crippen molar-refractivity contribution in [2.75, 3.05) is 33.7 Å². The van der Waals surface area contributed by atoms with Crippen LogP contribution in [0.15, 0.2) is 24.3 Å². The van der Waals surface area contributed by atoms with Crippen molar-refractivity contribution in [1.82, 2.24) is 9.80 Å². The first kappa shape index (κ1) is 13.4. The second-order valence-corrected chi connectivity index (χ2v) is 5.65. The summed E-state index contributed by atoms with van der Waals surface area (Å²) in [6.45, 7) is 4.61. The Kier molecular flexibility index (Phi) is 4.61. The van der Waals surface area contributed by atoms with E-state index in [0.717, 1.165) is 12.5 Å². The molecule has 1 aromatic carbocycles. The molecule has 1 aliphatic heterocycles. The molecule has 0 atom stereocenters. The molecule has 1 fully saturated rings. The lowest BCUT2D eigenvalue weighted by molar-refractivity contribution is 0.157. The van der Waals surface area contributed by atoms with Crippen LogP contribution < -0.4 is 0 Å². The largest absolute Gasteiger partial charge is 0.508 e. The van der Waals surface area contributed by atoms with Gasteiger partial charge in [-0.05, 0) is 63.6 Å². The summed E-state index contributed by atoms with van der Waals surface area (Å²) in [6, 6.07) is 7.57. The van der Waals surface area contributed by atoms with E-state index < -0.39 is 0 Å². The van der Waals surface area contributed by atoms with E-state index in [1.165, 1.54) is 38.0 Å². The number of benzene rings is 1. The van der Waals surface area contributed by atoms with Crippen LogP contribution in [0.3, 0.4) is 0 Å². The van der Waals surface area contributed by atoms with E-state index in [1.54, 1.807) is 12.1 Å². The van der Waals surface area contributed by atoms with Crippen LogP contribution in [-0.2, 0) is 6.54 Å². The van der Waals surface area contributed by atoms with Gasteiger partial charge in [-0.1, -0.05) is 12.1 Å². The zero-order valence-corrected chi connectivity index (χ0v) is 11.5. The standard InChI is InChI=1S/C15H24N2O/c1-16(2)11-14-7-9-17(10-8-14)12-13-3-5-15(18)6-4-13/h3-6,14,18H,7-12H2,1-2H3. The van der Waals surface area contributed by atoms with Gasteiger partial charge in [0.25, 0.3) is 0 Å². The molecular formula is C15H24N2O. The van der Waals surface area contributed by atoms with E-state index in [2.05, 4.69) is 23.9 Å². The molecule has 0 radical (unpaired) electrons. The normalized spacial score (nSPS) is 18.4. The van der Waals surface area contributed by atoms with E-state index in [4.69, 9.17) is 0 Å². The summed E-state index contributed by atoms with van der Waals surface area (Å²) in [7, 11) is 4.31. The molecule has 0 saturated carbocycles. The van der Waals surface area contributed by atoms with Crippen LogP contribution in [0.5, 0.6) is 5.75 Å². The van der Waals surface area contributed by atoms with Crippen molar-refractivity contribution in [1.29, 1.82) is 0 Å². The van der Waals surface area contributed by atoms with Gasteiger partial charge in [-0.2, -0.15) is 0 Å².